The summed E-state index contributed by atoms with van der Waals surface area (Å²) in [4.78, 5) is 24.2. The molecule has 0 saturated heterocycles. The number of carbonyl (C=O) groups is 2. The fraction of sp³-hybridized carbons (Fsp3) is 0.545. The minimum absolute atomic E-state index is 0.107. The Kier molecular flexibility index (Phi) is 6.94. The molecule has 1 fully saturated rings. The molecule has 2 unspecified atom stereocenters. The maximum absolute atomic E-state index is 13.2. The highest BCUT2D eigenvalue weighted by molar-refractivity contribution is 5.97. The van der Waals surface area contributed by atoms with E-state index >= 15 is 0 Å². The molecular formula is C22H26F2O4. The number of carbonyl (C=O) groups excluding carboxylic acids is 2. The Morgan fingerprint density at radius 3 is 2.64 bits per heavy atom. The first-order valence-corrected chi connectivity index (χ1v) is 9.85. The predicted molar refractivity (Wildman–Crippen MR) is 99.8 cm³/mol. The summed E-state index contributed by atoms with van der Waals surface area (Å²) in [6.45, 7) is 0.0956. The zero-order valence-corrected chi connectivity index (χ0v) is 15.9. The van der Waals surface area contributed by atoms with E-state index in [1.165, 1.54) is 0 Å². The molecule has 0 aliphatic heterocycles. The molecule has 2 aliphatic carbocycles. The Balaban J connectivity index is 1.39. The SMILES string of the molecule is O=C(CC1CCCC(OCC(=O)C2=CC(F)(F)CC2)C1)OCc1ccccc1. The molecule has 1 aromatic carbocycles. The average molecular weight is 392 g/mol. The molecule has 4 nitrogen and oxygen atoms in total. The highest BCUT2D eigenvalue weighted by atomic mass is 19.3. The van der Waals surface area contributed by atoms with Crippen LogP contribution in [0.5, 0.6) is 0 Å². The molecule has 2 atom stereocenters. The van der Waals surface area contributed by atoms with Gasteiger partial charge in [-0.15, -0.1) is 0 Å². The molecule has 1 aromatic rings. The zero-order valence-electron chi connectivity index (χ0n) is 15.9. The summed E-state index contributed by atoms with van der Waals surface area (Å²) in [5, 5.41) is 0. The van der Waals surface area contributed by atoms with Crippen LogP contribution in [0.15, 0.2) is 42.0 Å². The number of alkyl halides is 2. The van der Waals surface area contributed by atoms with E-state index in [4.69, 9.17) is 9.47 Å². The largest absolute Gasteiger partial charge is 0.461 e. The van der Waals surface area contributed by atoms with Crippen LogP contribution < -0.4 is 0 Å². The molecule has 28 heavy (non-hydrogen) atoms. The van der Waals surface area contributed by atoms with Crippen LogP contribution in [0.3, 0.4) is 0 Å². The molecular weight excluding hydrogens is 366 g/mol. The number of esters is 1. The summed E-state index contributed by atoms with van der Waals surface area (Å²) in [6, 6.07) is 9.52. The second kappa shape index (κ2) is 9.41. The van der Waals surface area contributed by atoms with Gasteiger partial charge in [0, 0.05) is 12.8 Å². The normalized spacial score (nSPS) is 23.9. The Labute approximate surface area is 163 Å². The van der Waals surface area contributed by atoms with Crippen LogP contribution in [0.1, 0.15) is 50.5 Å². The van der Waals surface area contributed by atoms with Crippen molar-refractivity contribution in [1.82, 2.24) is 0 Å². The van der Waals surface area contributed by atoms with Gasteiger partial charge in [0.15, 0.2) is 5.78 Å². The summed E-state index contributed by atoms with van der Waals surface area (Å²) >= 11 is 0. The number of halogens is 2. The van der Waals surface area contributed by atoms with Crippen molar-refractivity contribution in [2.75, 3.05) is 6.61 Å². The number of rotatable bonds is 8. The van der Waals surface area contributed by atoms with Gasteiger partial charge in [0.05, 0.1) is 6.10 Å². The van der Waals surface area contributed by atoms with E-state index < -0.39 is 5.92 Å². The van der Waals surface area contributed by atoms with Crippen LogP contribution >= 0.6 is 0 Å². The third kappa shape index (κ3) is 6.23. The highest BCUT2D eigenvalue weighted by Crippen LogP contribution is 2.34. The van der Waals surface area contributed by atoms with Crippen molar-refractivity contribution < 1.29 is 27.8 Å². The van der Waals surface area contributed by atoms with Crippen molar-refractivity contribution >= 4 is 11.8 Å². The molecule has 3 rings (SSSR count). The van der Waals surface area contributed by atoms with Crippen LogP contribution in [-0.4, -0.2) is 30.4 Å². The van der Waals surface area contributed by atoms with Crippen molar-refractivity contribution in [2.24, 2.45) is 5.92 Å². The van der Waals surface area contributed by atoms with Gasteiger partial charge in [-0.1, -0.05) is 36.8 Å². The molecule has 6 heteroatoms. The van der Waals surface area contributed by atoms with Gasteiger partial charge in [-0.3, -0.25) is 9.59 Å². The molecule has 1 saturated carbocycles. The lowest BCUT2D eigenvalue weighted by atomic mass is 9.85. The average Bonchev–Trinajstić information content (AvgIpc) is 3.05. The van der Waals surface area contributed by atoms with E-state index in [0.29, 0.717) is 12.8 Å². The predicted octanol–water partition coefficient (Wildman–Crippen LogP) is 4.62. The van der Waals surface area contributed by atoms with Gasteiger partial charge in [-0.05, 0) is 48.8 Å². The third-order valence-electron chi connectivity index (χ3n) is 5.35. The number of ether oxygens (including phenoxy) is 2. The fourth-order valence-electron chi connectivity index (χ4n) is 3.82. The van der Waals surface area contributed by atoms with Gasteiger partial charge in [-0.25, -0.2) is 8.78 Å². The van der Waals surface area contributed by atoms with Gasteiger partial charge in [0.2, 0.25) is 0 Å². The van der Waals surface area contributed by atoms with Crippen molar-refractivity contribution in [2.45, 2.75) is 63.6 Å². The number of ketones is 1. The first-order chi connectivity index (χ1) is 13.4. The Morgan fingerprint density at radius 1 is 1.14 bits per heavy atom. The summed E-state index contributed by atoms with van der Waals surface area (Å²) in [5.41, 5.74) is 1.12. The lowest BCUT2D eigenvalue weighted by Crippen LogP contribution is -2.27. The van der Waals surface area contributed by atoms with Crippen LogP contribution in [0, 0.1) is 5.92 Å². The maximum Gasteiger partial charge on any atom is 0.306 e. The molecule has 0 bridgehead atoms. The summed E-state index contributed by atoms with van der Waals surface area (Å²) in [6.07, 6.45) is 4.12. The molecule has 0 amide bonds. The molecule has 0 heterocycles. The number of hydrogen-bond donors (Lipinski definition) is 0. The van der Waals surface area contributed by atoms with Crippen molar-refractivity contribution in [3.63, 3.8) is 0 Å². The van der Waals surface area contributed by atoms with Gasteiger partial charge >= 0.3 is 5.97 Å². The zero-order chi connectivity index (χ0) is 20.0. The monoisotopic (exact) mass is 392 g/mol. The minimum Gasteiger partial charge on any atom is -0.461 e. The van der Waals surface area contributed by atoms with E-state index in [-0.39, 0.29) is 55.4 Å². The van der Waals surface area contributed by atoms with Crippen molar-refractivity contribution in [3.05, 3.63) is 47.5 Å². The first kappa shape index (κ1) is 20.6. The van der Waals surface area contributed by atoms with Gasteiger partial charge in [0.25, 0.3) is 5.92 Å². The van der Waals surface area contributed by atoms with E-state index in [1.807, 2.05) is 30.3 Å². The van der Waals surface area contributed by atoms with E-state index in [0.717, 1.165) is 30.9 Å². The number of allylic oxidation sites excluding steroid dienone is 1. The van der Waals surface area contributed by atoms with Gasteiger partial charge in [-0.2, -0.15) is 0 Å². The maximum atomic E-state index is 13.2. The second-order valence-electron chi connectivity index (χ2n) is 7.67. The Bertz CT molecular complexity index is 715. The summed E-state index contributed by atoms with van der Waals surface area (Å²) in [7, 11) is 0. The molecule has 2 aliphatic rings. The number of hydrogen-bond acceptors (Lipinski definition) is 4. The molecule has 152 valence electrons. The topological polar surface area (TPSA) is 52.6 Å². The van der Waals surface area contributed by atoms with Crippen LogP contribution in [-0.2, 0) is 25.7 Å². The standard InChI is InChI=1S/C22H26F2O4/c23-22(24)10-9-18(13-22)20(25)15-27-19-8-4-7-17(11-19)12-21(26)28-14-16-5-2-1-3-6-16/h1-3,5-6,13,17,19H,4,7-12,14-15H2. The first-order valence-electron chi connectivity index (χ1n) is 9.85. The Hall–Kier alpha value is -2.08. The molecule has 0 N–H and O–H groups in total. The lowest BCUT2D eigenvalue weighted by Gasteiger charge is -2.28. The fourth-order valence-corrected chi connectivity index (χ4v) is 3.82. The lowest BCUT2D eigenvalue weighted by molar-refractivity contribution is -0.147. The highest BCUT2D eigenvalue weighted by Gasteiger charge is 2.34. The number of benzene rings is 1. The summed E-state index contributed by atoms with van der Waals surface area (Å²) in [5.74, 6) is -3.31. The smallest absolute Gasteiger partial charge is 0.306 e. The van der Waals surface area contributed by atoms with Crippen LogP contribution in [0.2, 0.25) is 0 Å². The second-order valence-corrected chi connectivity index (χ2v) is 7.67. The third-order valence-corrected chi connectivity index (χ3v) is 5.35. The van der Waals surface area contributed by atoms with Crippen LogP contribution in [0.25, 0.3) is 0 Å². The molecule has 0 aromatic heterocycles. The summed E-state index contributed by atoms with van der Waals surface area (Å²) < 4.78 is 37.4. The minimum atomic E-state index is -2.87. The van der Waals surface area contributed by atoms with E-state index in [9.17, 15) is 18.4 Å². The quantitative estimate of drug-likeness (QED) is 0.606. The Morgan fingerprint density at radius 2 is 1.93 bits per heavy atom. The van der Waals surface area contributed by atoms with Gasteiger partial charge < -0.3 is 9.47 Å². The van der Waals surface area contributed by atoms with Crippen molar-refractivity contribution in [1.29, 1.82) is 0 Å². The van der Waals surface area contributed by atoms with E-state index in [1.54, 1.807) is 0 Å². The van der Waals surface area contributed by atoms with Gasteiger partial charge in [0.1, 0.15) is 13.2 Å². The van der Waals surface area contributed by atoms with Crippen molar-refractivity contribution in [3.8, 4) is 0 Å². The number of Topliss-reactive ketones (excluding diaryl/α,β-unsaturated/α-hetero) is 1. The molecule has 0 radical (unpaired) electrons. The van der Waals surface area contributed by atoms with E-state index in [2.05, 4.69) is 0 Å². The van der Waals surface area contributed by atoms with Crippen LogP contribution in [0.4, 0.5) is 8.78 Å². The molecule has 0 spiro atoms.